The van der Waals surface area contributed by atoms with Crippen molar-refractivity contribution in [3.05, 3.63) is 33.4 Å². The summed E-state index contributed by atoms with van der Waals surface area (Å²) in [5.41, 5.74) is -2.36. The summed E-state index contributed by atoms with van der Waals surface area (Å²) in [6, 6.07) is 2.47. The zero-order valence-corrected chi connectivity index (χ0v) is 13.0. The van der Waals surface area contributed by atoms with Gasteiger partial charge in [-0.05, 0) is 32.4 Å². The number of nitro groups is 1. The number of nitro benzene ring substituents is 1. The van der Waals surface area contributed by atoms with E-state index < -0.39 is 33.1 Å². The highest BCUT2D eigenvalue weighted by molar-refractivity contribution is 7.89. The van der Waals surface area contributed by atoms with Crippen molar-refractivity contribution in [1.82, 2.24) is 4.72 Å². The molecule has 1 aromatic rings. The maximum atomic E-state index is 12.2. The average molecular weight is 332 g/mol. The Labute approximate surface area is 126 Å². The lowest BCUT2D eigenvalue weighted by Crippen LogP contribution is -2.46. The van der Waals surface area contributed by atoms with Gasteiger partial charge >= 0.3 is 5.97 Å². The standard InChI is InChI=1S/C12H16N2O7S/c1-7-4-9(14(18)19)8(2)10(5-7)22(20,21)13-6-12(3,17)11(15)16/h4-5,13,17H,6H2,1-3H3,(H,15,16). The zero-order valence-electron chi connectivity index (χ0n) is 12.2. The van der Waals surface area contributed by atoms with Gasteiger partial charge in [-0.1, -0.05) is 0 Å². The van der Waals surface area contributed by atoms with E-state index in [1.54, 1.807) is 0 Å². The third-order valence-electron chi connectivity index (χ3n) is 3.03. The summed E-state index contributed by atoms with van der Waals surface area (Å²) >= 11 is 0. The minimum atomic E-state index is -4.21. The van der Waals surface area contributed by atoms with Crippen molar-refractivity contribution in [3.63, 3.8) is 0 Å². The molecule has 22 heavy (non-hydrogen) atoms. The van der Waals surface area contributed by atoms with Gasteiger partial charge in [0.1, 0.15) is 0 Å². The van der Waals surface area contributed by atoms with Crippen molar-refractivity contribution in [1.29, 1.82) is 0 Å². The number of benzene rings is 1. The quantitative estimate of drug-likeness (QED) is 0.502. The number of aliphatic carboxylic acids is 1. The van der Waals surface area contributed by atoms with Gasteiger partial charge in [-0.3, -0.25) is 10.1 Å². The molecular weight excluding hydrogens is 316 g/mol. The first-order chi connectivity index (χ1) is 9.88. The minimum Gasteiger partial charge on any atom is -0.479 e. The van der Waals surface area contributed by atoms with E-state index in [9.17, 15) is 28.4 Å². The van der Waals surface area contributed by atoms with Crippen LogP contribution in [0.5, 0.6) is 0 Å². The van der Waals surface area contributed by atoms with Crippen LogP contribution in [-0.2, 0) is 14.8 Å². The highest BCUT2D eigenvalue weighted by atomic mass is 32.2. The maximum Gasteiger partial charge on any atom is 0.336 e. The van der Waals surface area contributed by atoms with Crippen molar-refractivity contribution in [2.75, 3.05) is 6.54 Å². The third-order valence-corrected chi connectivity index (χ3v) is 4.56. The van der Waals surface area contributed by atoms with Crippen molar-refractivity contribution in [3.8, 4) is 0 Å². The fourth-order valence-electron chi connectivity index (χ4n) is 1.66. The normalized spacial score (nSPS) is 14.4. The van der Waals surface area contributed by atoms with Gasteiger partial charge in [-0.15, -0.1) is 0 Å². The molecule has 122 valence electrons. The van der Waals surface area contributed by atoms with Crippen LogP contribution in [0, 0.1) is 24.0 Å². The van der Waals surface area contributed by atoms with E-state index in [1.807, 2.05) is 4.72 Å². The lowest BCUT2D eigenvalue weighted by Gasteiger charge is -2.19. The van der Waals surface area contributed by atoms with Gasteiger partial charge in [0, 0.05) is 11.6 Å². The lowest BCUT2D eigenvalue weighted by atomic mass is 10.1. The van der Waals surface area contributed by atoms with E-state index in [1.165, 1.54) is 26.0 Å². The number of sulfonamides is 1. The predicted octanol–water partition coefficient (Wildman–Crippen LogP) is 0.326. The number of carboxylic acid groups (broad SMARTS) is 1. The summed E-state index contributed by atoms with van der Waals surface area (Å²) in [6.45, 7) is 2.94. The molecule has 0 radical (unpaired) electrons. The van der Waals surface area contributed by atoms with Gasteiger partial charge in [0.05, 0.1) is 16.4 Å². The molecule has 0 saturated carbocycles. The first-order valence-corrected chi connectivity index (χ1v) is 7.58. The Morgan fingerprint density at radius 1 is 1.41 bits per heavy atom. The predicted molar refractivity (Wildman–Crippen MR) is 76.0 cm³/mol. The molecule has 0 spiro atoms. The van der Waals surface area contributed by atoms with Gasteiger partial charge in [0.15, 0.2) is 5.60 Å². The summed E-state index contributed by atoms with van der Waals surface area (Å²) in [5.74, 6) is -1.60. The second kappa shape index (κ2) is 5.99. The molecule has 0 amide bonds. The van der Waals surface area contributed by atoms with E-state index in [0.29, 0.717) is 5.56 Å². The summed E-state index contributed by atoms with van der Waals surface area (Å²) in [5, 5.41) is 29.2. The number of aryl methyl sites for hydroxylation is 1. The molecule has 0 bridgehead atoms. The van der Waals surface area contributed by atoms with Gasteiger partial charge in [-0.2, -0.15) is 0 Å². The van der Waals surface area contributed by atoms with Crippen molar-refractivity contribution in [2.24, 2.45) is 0 Å². The molecule has 0 saturated heterocycles. The monoisotopic (exact) mass is 332 g/mol. The number of aliphatic hydroxyl groups is 1. The number of nitrogens with zero attached hydrogens (tertiary/aromatic N) is 1. The Kier molecular flexibility index (Phi) is 4.90. The van der Waals surface area contributed by atoms with Crippen molar-refractivity contribution in [2.45, 2.75) is 31.3 Å². The van der Waals surface area contributed by atoms with Crippen LogP contribution in [0.2, 0.25) is 0 Å². The first kappa shape index (κ1) is 18.0. The maximum absolute atomic E-state index is 12.2. The zero-order chi connectivity index (χ0) is 17.3. The minimum absolute atomic E-state index is 0.0712. The summed E-state index contributed by atoms with van der Waals surface area (Å²) < 4.78 is 26.4. The van der Waals surface area contributed by atoms with E-state index in [0.717, 1.165) is 6.92 Å². The van der Waals surface area contributed by atoms with Crippen LogP contribution < -0.4 is 4.72 Å². The lowest BCUT2D eigenvalue weighted by molar-refractivity contribution is -0.385. The molecule has 1 aromatic carbocycles. The Morgan fingerprint density at radius 3 is 2.41 bits per heavy atom. The average Bonchev–Trinajstić information content (AvgIpc) is 2.38. The number of hydrogen-bond donors (Lipinski definition) is 3. The third kappa shape index (κ3) is 3.78. The van der Waals surface area contributed by atoms with E-state index in [-0.39, 0.29) is 16.1 Å². The summed E-state index contributed by atoms with van der Waals surface area (Å²) in [7, 11) is -4.21. The molecular formula is C12H16N2O7S. The van der Waals surface area contributed by atoms with E-state index in [2.05, 4.69) is 0 Å². The topological polar surface area (TPSA) is 147 Å². The SMILES string of the molecule is Cc1cc([N+](=O)[O-])c(C)c(S(=O)(=O)NCC(C)(O)C(=O)O)c1. The molecule has 0 heterocycles. The molecule has 0 aliphatic carbocycles. The summed E-state index contributed by atoms with van der Waals surface area (Å²) in [4.78, 5) is 20.7. The van der Waals surface area contributed by atoms with E-state index >= 15 is 0 Å². The van der Waals surface area contributed by atoms with E-state index in [4.69, 9.17) is 5.11 Å². The van der Waals surface area contributed by atoms with Gasteiger partial charge in [0.2, 0.25) is 10.0 Å². The van der Waals surface area contributed by atoms with Gasteiger partial charge in [0.25, 0.3) is 5.69 Å². The Hall–Kier alpha value is -2.04. The van der Waals surface area contributed by atoms with Crippen molar-refractivity contribution >= 4 is 21.7 Å². The molecule has 10 heteroatoms. The smallest absolute Gasteiger partial charge is 0.336 e. The molecule has 1 unspecified atom stereocenters. The largest absolute Gasteiger partial charge is 0.479 e. The number of hydrogen-bond acceptors (Lipinski definition) is 6. The van der Waals surface area contributed by atoms with Crippen LogP contribution in [0.3, 0.4) is 0 Å². The van der Waals surface area contributed by atoms with Crippen LogP contribution in [0.25, 0.3) is 0 Å². The number of carbonyl (C=O) groups is 1. The summed E-state index contributed by atoms with van der Waals surface area (Å²) in [6.07, 6.45) is 0. The molecule has 0 fully saturated rings. The molecule has 1 rings (SSSR count). The number of nitrogens with one attached hydrogen (secondary N) is 1. The Balaban J connectivity index is 3.25. The second-order valence-electron chi connectivity index (χ2n) is 5.07. The van der Waals surface area contributed by atoms with Crippen LogP contribution in [0.15, 0.2) is 17.0 Å². The second-order valence-corrected chi connectivity index (χ2v) is 6.80. The molecule has 9 nitrogen and oxygen atoms in total. The van der Waals surface area contributed by atoms with Crippen LogP contribution in [0.4, 0.5) is 5.69 Å². The highest BCUT2D eigenvalue weighted by Gasteiger charge is 2.33. The molecule has 0 aromatic heterocycles. The fraction of sp³-hybridized carbons (Fsp3) is 0.417. The molecule has 3 N–H and O–H groups in total. The number of rotatable bonds is 6. The van der Waals surface area contributed by atoms with Crippen molar-refractivity contribution < 1.29 is 28.3 Å². The Morgan fingerprint density at radius 2 is 1.95 bits per heavy atom. The highest BCUT2D eigenvalue weighted by Crippen LogP contribution is 2.27. The van der Waals surface area contributed by atoms with Gasteiger partial charge < -0.3 is 10.2 Å². The fourth-order valence-corrected chi connectivity index (χ4v) is 3.14. The van der Waals surface area contributed by atoms with Crippen LogP contribution >= 0.6 is 0 Å². The Bertz CT molecular complexity index is 725. The van der Waals surface area contributed by atoms with Crippen LogP contribution in [0.1, 0.15) is 18.1 Å². The van der Waals surface area contributed by atoms with Gasteiger partial charge in [-0.25, -0.2) is 17.9 Å². The molecule has 1 atom stereocenters. The first-order valence-electron chi connectivity index (χ1n) is 6.09. The van der Waals surface area contributed by atoms with Crippen LogP contribution in [-0.4, -0.2) is 41.7 Å². The molecule has 0 aliphatic heterocycles. The molecule has 0 aliphatic rings. The number of carboxylic acids is 1.